The van der Waals surface area contributed by atoms with Gasteiger partial charge < -0.3 is 4.98 Å². The van der Waals surface area contributed by atoms with Gasteiger partial charge in [0.15, 0.2) is 5.49 Å². The first kappa shape index (κ1) is 7.28. The standard InChI is InChI=1S/C9H11N3/c1-2-7-3-4-8-9(10-5-7)12-6-11-8/h4-6H,2-3H2,1H3,(H,10,11,12). The third-order valence-electron chi connectivity index (χ3n) is 2.04. The molecule has 0 radical (unpaired) electrons. The van der Waals surface area contributed by atoms with Gasteiger partial charge in [0.2, 0.25) is 0 Å². The van der Waals surface area contributed by atoms with Crippen molar-refractivity contribution in [2.75, 3.05) is 0 Å². The Hall–Kier alpha value is -1.38. The molecular formula is C9H11N3. The quantitative estimate of drug-likeness (QED) is 0.640. The molecule has 0 amide bonds. The minimum Gasteiger partial charge on any atom is -0.343 e. The summed E-state index contributed by atoms with van der Waals surface area (Å²) in [5.74, 6) is 0. The lowest BCUT2D eigenvalue weighted by Crippen LogP contribution is -2.23. The highest BCUT2D eigenvalue weighted by Gasteiger charge is 1.96. The van der Waals surface area contributed by atoms with Crippen molar-refractivity contribution >= 4 is 6.08 Å². The van der Waals surface area contributed by atoms with Gasteiger partial charge in [0.05, 0.1) is 11.7 Å². The second-order valence-electron chi connectivity index (χ2n) is 2.82. The maximum absolute atomic E-state index is 4.26. The van der Waals surface area contributed by atoms with Crippen LogP contribution in [0.5, 0.6) is 0 Å². The third-order valence-corrected chi connectivity index (χ3v) is 2.04. The van der Waals surface area contributed by atoms with Gasteiger partial charge in [-0.1, -0.05) is 13.0 Å². The molecule has 0 unspecified atom stereocenters. The Labute approximate surface area is 70.6 Å². The van der Waals surface area contributed by atoms with E-state index in [1.807, 2.05) is 6.20 Å². The van der Waals surface area contributed by atoms with E-state index in [1.165, 1.54) is 5.57 Å². The number of nitrogens with one attached hydrogen (secondary N) is 1. The van der Waals surface area contributed by atoms with Gasteiger partial charge in [-0.15, -0.1) is 0 Å². The van der Waals surface area contributed by atoms with E-state index < -0.39 is 0 Å². The molecule has 3 heteroatoms. The second kappa shape index (κ2) is 2.93. The number of imidazole rings is 1. The number of hydrogen-bond donors (Lipinski definition) is 1. The number of allylic oxidation sites excluding steroid dienone is 1. The van der Waals surface area contributed by atoms with Crippen molar-refractivity contribution in [3.05, 3.63) is 28.9 Å². The van der Waals surface area contributed by atoms with Crippen molar-refractivity contribution in [1.82, 2.24) is 9.97 Å². The van der Waals surface area contributed by atoms with Gasteiger partial charge in [-0.05, 0) is 18.4 Å². The van der Waals surface area contributed by atoms with E-state index in [9.17, 15) is 0 Å². The molecule has 2 rings (SSSR count). The highest BCUT2D eigenvalue weighted by molar-refractivity contribution is 5.27. The Balaban J connectivity index is 2.54. The summed E-state index contributed by atoms with van der Waals surface area (Å²) in [7, 11) is 0. The maximum atomic E-state index is 4.26. The first-order chi connectivity index (χ1) is 5.90. The van der Waals surface area contributed by atoms with Crippen molar-refractivity contribution in [2.45, 2.75) is 19.8 Å². The molecule has 0 spiro atoms. The molecule has 1 aliphatic heterocycles. The van der Waals surface area contributed by atoms with Crippen LogP contribution in [-0.2, 0) is 0 Å². The van der Waals surface area contributed by atoms with Crippen LogP contribution in [0, 0.1) is 0 Å². The predicted molar refractivity (Wildman–Crippen MR) is 46.8 cm³/mol. The molecule has 0 saturated carbocycles. The SMILES string of the molecule is CCC1=CN=c2nc[nH]c2=CC1. The minimum atomic E-state index is 0.804. The number of nitrogens with zero attached hydrogens (tertiary/aromatic N) is 2. The Morgan fingerprint density at radius 2 is 2.50 bits per heavy atom. The zero-order valence-electron chi connectivity index (χ0n) is 7.04. The average molecular weight is 161 g/mol. The first-order valence-corrected chi connectivity index (χ1v) is 4.15. The monoisotopic (exact) mass is 161 g/mol. The molecule has 0 bridgehead atoms. The lowest BCUT2D eigenvalue weighted by Gasteiger charge is -1.93. The molecule has 0 fully saturated rings. The molecule has 1 aromatic rings. The van der Waals surface area contributed by atoms with E-state index in [0.717, 1.165) is 23.7 Å². The number of fused-ring (bicyclic) bond motifs is 1. The van der Waals surface area contributed by atoms with Crippen LogP contribution in [0.2, 0.25) is 0 Å². The Kier molecular flexibility index (Phi) is 1.78. The van der Waals surface area contributed by atoms with E-state index in [1.54, 1.807) is 6.33 Å². The summed E-state index contributed by atoms with van der Waals surface area (Å²) in [6.45, 7) is 2.14. The summed E-state index contributed by atoms with van der Waals surface area (Å²) < 4.78 is 0. The van der Waals surface area contributed by atoms with Crippen LogP contribution in [0.1, 0.15) is 19.8 Å². The van der Waals surface area contributed by atoms with Crippen LogP contribution < -0.4 is 10.8 Å². The molecule has 12 heavy (non-hydrogen) atoms. The summed E-state index contributed by atoms with van der Waals surface area (Å²) in [4.78, 5) is 11.4. The number of hydrogen-bond acceptors (Lipinski definition) is 2. The molecule has 2 heterocycles. The smallest absolute Gasteiger partial charge is 0.177 e. The predicted octanol–water partition coefficient (Wildman–Crippen LogP) is 0.507. The summed E-state index contributed by atoms with van der Waals surface area (Å²) in [6, 6.07) is 0. The van der Waals surface area contributed by atoms with Crippen LogP contribution in [0.4, 0.5) is 0 Å². The van der Waals surface area contributed by atoms with Gasteiger partial charge in [-0.25, -0.2) is 9.98 Å². The molecule has 1 aromatic heterocycles. The summed E-state index contributed by atoms with van der Waals surface area (Å²) in [6.07, 6.45) is 7.77. The van der Waals surface area contributed by atoms with Gasteiger partial charge in [0, 0.05) is 6.20 Å². The second-order valence-corrected chi connectivity index (χ2v) is 2.82. The molecule has 0 aliphatic carbocycles. The number of rotatable bonds is 1. The molecule has 62 valence electrons. The maximum Gasteiger partial charge on any atom is 0.177 e. The van der Waals surface area contributed by atoms with Crippen LogP contribution in [-0.4, -0.2) is 9.97 Å². The number of aromatic amines is 1. The Morgan fingerprint density at radius 1 is 1.58 bits per heavy atom. The number of H-pyrrole nitrogens is 1. The van der Waals surface area contributed by atoms with E-state index >= 15 is 0 Å². The lowest BCUT2D eigenvalue weighted by molar-refractivity contribution is 1.04. The highest BCUT2D eigenvalue weighted by Crippen LogP contribution is 2.07. The molecule has 0 atom stereocenters. The van der Waals surface area contributed by atoms with Gasteiger partial charge in [0.1, 0.15) is 0 Å². The summed E-state index contributed by atoms with van der Waals surface area (Å²) in [5, 5.41) is 1.04. The van der Waals surface area contributed by atoms with E-state index in [0.29, 0.717) is 0 Å². The van der Waals surface area contributed by atoms with Crippen molar-refractivity contribution < 1.29 is 0 Å². The van der Waals surface area contributed by atoms with Crippen molar-refractivity contribution in [3.63, 3.8) is 0 Å². The van der Waals surface area contributed by atoms with Crippen LogP contribution in [0.3, 0.4) is 0 Å². The lowest BCUT2D eigenvalue weighted by atomic mass is 10.1. The third kappa shape index (κ3) is 1.18. The van der Waals surface area contributed by atoms with Crippen LogP contribution >= 0.6 is 0 Å². The van der Waals surface area contributed by atoms with E-state index in [-0.39, 0.29) is 0 Å². The van der Waals surface area contributed by atoms with Crippen LogP contribution in [0.25, 0.3) is 6.08 Å². The molecule has 0 saturated heterocycles. The molecule has 3 nitrogen and oxygen atoms in total. The van der Waals surface area contributed by atoms with Crippen molar-refractivity contribution in [3.8, 4) is 0 Å². The van der Waals surface area contributed by atoms with Gasteiger partial charge in [-0.2, -0.15) is 0 Å². The van der Waals surface area contributed by atoms with Crippen molar-refractivity contribution in [2.24, 2.45) is 4.99 Å². The van der Waals surface area contributed by atoms with Gasteiger partial charge in [0.25, 0.3) is 0 Å². The fraction of sp³-hybridized carbons (Fsp3) is 0.333. The fourth-order valence-corrected chi connectivity index (χ4v) is 1.22. The zero-order chi connectivity index (χ0) is 8.39. The molecular weight excluding hydrogens is 150 g/mol. The van der Waals surface area contributed by atoms with Gasteiger partial charge >= 0.3 is 0 Å². The van der Waals surface area contributed by atoms with E-state index in [4.69, 9.17) is 0 Å². The first-order valence-electron chi connectivity index (χ1n) is 4.15. The topological polar surface area (TPSA) is 41.0 Å². The average Bonchev–Trinajstić information content (AvgIpc) is 2.46. The Bertz CT molecular complexity index is 411. The largest absolute Gasteiger partial charge is 0.343 e. The van der Waals surface area contributed by atoms with Gasteiger partial charge in [-0.3, -0.25) is 0 Å². The van der Waals surface area contributed by atoms with Crippen LogP contribution in [0.15, 0.2) is 23.1 Å². The molecule has 1 aliphatic rings. The highest BCUT2D eigenvalue weighted by atomic mass is 14.9. The summed E-state index contributed by atoms with van der Waals surface area (Å²) >= 11 is 0. The molecule has 1 N–H and O–H groups in total. The van der Waals surface area contributed by atoms with Crippen molar-refractivity contribution in [1.29, 1.82) is 0 Å². The number of aromatic nitrogens is 2. The van der Waals surface area contributed by atoms with E-state index in [2.05, 4.69) is 28.0 Å². The fourth-order valence-electron chi connectivity index (χ4n) is 1.22. The minimum absolute atomic E-state index is 0.804. The molecule has 0 aromatic carbocycles. The Morgan fingerprint density at radius 3 is 3.33 bits per heavy atom. The summed E-state index contributed by atoms with van der Waals surface area (Å²) in [5.41, 5.74) is 2.15. The normalized spacial score (nSPS) is 15.2. The zero-order valence-corrected chi connectivity index (χ0v) is 7.04.